The van der Waals surface area contributed by atoms with E-state index in [0.717, 1.165) is 25.9 Å². The molecule has 0 spiro atoms. The van der Waals surface area contributed by atoms with Gasteiger partial charge < -0.3 is 15.0 Å². The zero-order valence-electron chi connectivity index (χ0n) is 17.3. The van der Waals surface area contributed by atoms with Crippen LogP contribution in [0, 0.1) is 0 Å². The molecular weight excluding hydrogens is 430 g/mol. The van der Waals surface area contributed by atoms with Crippen molar-refractivity contribution in [3.8, 4) is 0 Å². The molecule has 2 atom stereocenters. The monoisotopic (exact) mass is 457 g/mol. The van der Waals surface area contributed by atoms with Gasteiger partial charge in [-0.25, -0.2) is 8.42 Å². The number of hydrogen-bond donors (Lipinski definition) is 1. The van der Waals surface area contributed by atoms with Gasteiger partial charge >= 0.3 is 0 Å². The third kappa shape index (κ3) is 5.32. The van der Waals surface area contributed by atoms with Crippen molar-refractivity contribution in [2.45, 2.75) is 50.2 Å². The van der Waals surface area contributed by atoms with Gasteiger partial charge in [-0.05, 0) is 44.9 Å². The van der Waals surface area contributed by atoms with E-state index in [2.05, 4.69) is 5.32 Å². The Labute approximate surface area is 182 Å². The maximum absolute atomic E-state index is 13.1. The molecule has 3 rings (SSSR count). The van der Waals surface area contributed by atoms with Crippen LogP contribution in [0.3, 0.4) is 0 Å². The first kappa shape index (κ1) is 23.0. The summed E-state index contributed by atoms with van der Waals surface area (Å²) in [4.78, 5) is 26.3. The summed E-state index contributed by atoms with van der Waals surface area (Å²) >= 11 is 6.18. The summed E-state index contributed by atoms with van der Waals surface area (Å²) < 4.78 is 33.2. The van der Waals surface area contributed by atoms with Crippen molar-refractivity contribution in [2.75, 3.05) is 32.7 Å². The van der Waals surface area contributed by atoms with Crippen LogP contribution in [0.25, 0.3) is 0 Å². The Balaban J connectivity index is 1.68. The first-order valence-corrected chi connectivity index (χ1v) is 12.0. The normalized spacial score (nSPS) is 22.8. The molecule has 0 saturated carbocycles. The molecule has 2 heterocycles. The highest BCUT2D eigenvalue weighted by molar-refractivity contribution is 7.89. The summed E-state index contributed by atoms with van der Waals surface area (Å²) in [6.07, 6.45) is 1.78. The number of likely N-dealkylation sites (tertiary alicyclic amines) is 1. The average molecular weight is 458 g/mol. The molecule has 2 aliphatic rings. The van der Waals surface area contributed by atoms with E-state index in [1.165, 1.54) is 22.5 Å². The van der Waals surface area contributed by atoms with Crippen molar-refractivity contribution < 1.29 is 22.7 Å². The molecule has 0 bridgehead atoms. The third-order valence-corrected chi connectivity index (χ3v) is 7.59. The molecule has 2 fully saturated rings. The lowest BCUT2D eigenvalue weighted by molar-refractivity contribution is -0.129. The van der Waals surface area contributed by atoms with E-state index in [9.17, 15) is 18.0 Å². The van der Waals surface area contributed by atoms with Gasteiger partial charge in [0, 0.05) is 44.7 Å². The minimum Gasteiger partial charge on any atom is -0.373 e. The number of halogens is 1. The van der Waals surface area contributed by atoms with Crippen LogP contribution >= 0.6 is 11.6 Å². The second-order valence-corrected chi connectivity index (χ2v) is 10.1. The van der Waals surface area contributed by atoms with Crippen molar-refractivity contribution in [3.05, 3.63) is 28.8 Å². The van der Waals surface area contributed by atoms with Crippen molar-refractivity contribution >= 4 is 33.4 Å². The van der Waals surface area contributed by atoms with Crippen LogP contribution in [-0.4, -0.2) is 74.4 Å². The first-order chi connectivity index (χ1) is 14.2. The van der Waals surface area contributed by atoms with Gasteiger partial charge in [-0.15, -0.1) is 0 Å². The van der Waals surface area contributed by atoms with Gasteiger partial charge in [0.25, 0.3) is 5.91 Å². The van der Waals surface area contributed by atoms with Crippen LogP contribution in [0.5, 0.6) is 0 Å². The molecule has 1 N–H and O–H groups in total. The third-order valence-electron chi connectivity index (χ3n) is 5.28. The van der Waals surface area contributed by atoms with Gasteiger partial charge in [-0.1, -0.05) is 11.6 Å². The Morgan fingerprint density at radius 3 is 2.43 bits per heavy atom. The van der Waals surface area contributed by atoms with E-state index >= 15 is 0 Å². The highest BCUT2D eigenvalue weighted by Gasteiger charge is 2.34. The van der Waals surface area contributed by atoms with Crippen LogP contribution in [0.2, 0.25) is 5.02 Å². The predicted molar refractivity (Wildman–Crippen MR) is 113 cm³/mol. The molecule has 10 heteroatoms. The average Bonchev–Trinajstić information content (AvgIpc) is 3.22. The van der Waals surface area contributed by atoms with E-state index in [4.69, 9.17) is 16.3 Å². The molecule has 0 aliphatic carbocycles. The lowest BCUT2D eigenvalue weighted by Crippen LogP contribution is -2.48. The molecule has 1 aromatic rings. The van der Waals surface area contributed by atoms with Crippen molar-refractivity contribution in [1.29, 1.82) is 0 Å². The molecule has 30 heavy (non-hydrogen) atoms. The zero-order valence-corrected chi connectivity index (χ0v) is 18.8. The molecule has 0 radical (unpaired) electrons. The predicted octanol–water partition coefficient (Wildman–Crippen LogP) is 1.88. The molecule has 0 aromatic heterocycles. The number of benzene rings is 1. The van der Waals surface area contributed by atoms with Crippen LogP contribution in [0.1, 0.15) is 43.5 Å². The second kappa shape index (κ2) is 9.64. The van der Waals surface area contributed by atoms with Crippen LogP contribution in [0.15, 0.2) is 23.1 Å². The zero-order chi connectivity index (χ0) is 21.9. The highest BCUT2D eigenvalue weighted by atomic mass is 35.5. The number of carbonyl (C=O) groups excluding carboxylic acids is 2. The Morgan fingerprint density at radius 2 is 1.80 bits per heavy atom. The lowest BCUT2D eigenvalue weighted by atomic mass is 10.2. The molecule has 0 unspecified atom stereocenters. The Bertz CT molecular complexity index is 892. The SMILES string of the molecule is C[C@@H]1CN(S(=O)(=O)c2cc(C(=O)NCCC(=O)N3CCCC3)ccc2Cl)C[C@H](C)O1. The largest absolute Gasteiger partial charge is 0.373 e. The summed E-state index contributed by atoms with van der Waals surface area (Å²) in [5, 5.41) is 2.75. The van der Waals surface area contributed by atoms with E-state index in [1.54, 1.807) is 4.90 Å². The summed E-state index contributed by atoms with van der Waals surface area (Å²) in [6, 6.07) is 4.18. The van der Waals surface area contributed by atoms with Crippen molar-refractivity contribution in [3.63, 3.8) is 0 Å². The first-order valence-electron chi connectivity index (χ1n) is 10.2. The number of carbonyl (C=O) groups is 2. The second-order valence-electron chi connectivity index (χ2n) is 7.82. The minimum atomic E-state index is -3.88. The van der Waals surface area contributed by atoms with Crippen LogP contribution in [0.4, 0.5) is 0 Å². The highest BCUT2D eigenvalue weighted by Crippen LogP contribution is 2.28. The molecule has 2 saturated heterocycles. The fourth-order valence-electron chi connectivity index (χ4n) is 3.82. The topological polar surface area (TPSA) is 96.0 Å². The Morgan fingerprint density at radius 1 is 1.17 bits per heavy atom. The van der Waals surface area contributed by atoms with Gasteiger partial charge in [-0.3, -0.25) is 9.59 Å². The number of hydrogen-bond acceptors (Lipinski definition) is 5. The van der Waals surface area contributed by atoms with Crippen molar-refractivity contribution in [2.24, 2.45) is 0 Å². The summed E-state index contributed by atoms with van der Waals surface area (Å²) in [6.45, 7) is 5.79. The summed E-state index contributed by atoms with van der Waals surface area (Å²) in [7, 11) is -3.88. The van der Waals surface area contributed by atoms with E-state index in [-0.39, 0.29) is 59.7 Å². The number of nitrogens with zero attached hydrogens (tertiary/aromatic N) is 2. The summed E-state index contributed by atoms with van der Waals surface area (Å²) in [5.41, 5.74) is 0.181. The summed E-state index contributed by atoms with van der Waals surface area (Å²) in [5.74, 6) is -0.427. The minimum absolute atomic E-state index is 0.0164. The van der Waals surface area contributed by atoms with E-state index in [1.807, 2.05) is 13.8 Å². The molecule has 8 nitrogen and oxygen atoms in total. The molecule has 1 aromatic carbocycles. The van der Waals surface area contributed by atoms with Crippen LogP contribution < -0.4 is 5.32 Å². The lowest BCUT2D eigenvalue weighted by Gasteiger charge is -2.34. The van der Waals surface area contributed by atoms with E-state index < -0.39 is 15.9 Å². The Hall–Kier alpha value is -1.68. The maximum Gasteiger partial charge on any atom is 0.251 e. The number of nitrogens with one attached hydrogen (secondary N) is 1. The van der Waals surface area contributed by atoms with Gasteiger partial charge in [0.15, 0.2) is 0 Å². The number of ether oxygens (including phenoxy) is 1. The molecule has 166 valence electrons. The van der Waals surface area contributed by atoms with Crippen molar-refractivity contribution in [1.82, 2.24) is 14.5 Å². The molecule has 2 aliphatic heterocycles. The standard InChI is InChI=1S/C20H28ClN3O5S/c1-14-12-24(13-15(2)29-14)30(27,28)18-11-16(5-6-17(18)21)20(26)22-8-7-19(25)23-9-3-4-10-23/h5-6,11,14-15H,3-4,7-10,12-13H2,1-2H3,(H,22,26)/t14-,15+. The maximum atomic E-state index is 13.1. The van der Waals surface area contributed by atoms with Gasteiger partial charge in [0.1, 0.15) is 4.90 Å². The fraction of sp³-hybridized carbons (Fsp3) is 0.600. The number of amides is 2. The number of rotatable bonds is 6. The Kier molecular flexibility index (Phi) is 7.38. The smallest absolute Gasteiger partial charge is 0.251 e. The number of sulfonamides is 1. The molecule has 2 amide bonds. The van der Waals surface area contributed by atoms with E-state index in [0.29, 0.717) is 0 Å². The van der Waals surface area contributed by atoms with Gasteiger partial charge in [-0.2, -0.15) is 4.31 Å². The van der Waals surface area contributed by atoms with Gasteiger partial charge in [0.05, 0.1) is 17.2 Å². The van der Waals surface area contributed by atoms with Gasteiger partial charge in [0.2, 0.25) is 15.9 Å². The quantitative estimate of drug-likeness (QED) is 0.703. The van der Waals surface area contributed by atoms with Crippen LogP contribution in [-0.2, 0) is 19.6 Å². The fourth-order valence-corrected chi connectivity index (χ4v) is 5.91. The number of morpholine rings is 1. The molecular formula is C20H28ClN3O5S.